The van der Waals surface area contributed by atoms with Crippen molar-refractivity contribution in [1.29, 1.82) is 0 Å². The largest absolute Gasteiger partial charge is 0.497 e. The summed E-state index contributed by atoms with van der Waals surface area (Å²) in [5, 5.41) is 8.66. The molecule has 0 fully saturated rings. The smallest absolute Gasteiger partial charge is 0.294 e. The lowest BCUT2D eigenvalue weighted by atomic mass is 10.2. The van der Waals surface area contributed by atoms with Gasteiger partial charge in [0.1, 0.15) is 22.8 Å². The van der Waals surface area contributed by atoms with Crippen molar-refractivity contribution in [3.8, 4) is 23.8 Å². The number of carbonyl (C=O) groups excluding carboxylic acids is 1. The van der Waals surface area contributed by atoms with E-state index in [2.05, 4.69) is 21.1 Å². The first kappa shape index (κ1) is 24.8. The Kier molecular flexibility index (Phi) is 6.44. The predicted molar refractivity (Wildman–Crippen MR) is 137 cm³/mol. The van der Waals surface area contributed by atoms with Gasteiger partial charge in [0.05, 0.1) is 44.0 Å². The van der Waals surface area contributed by atoms with Crippen LogP contribution < -0.4 is 9.47 Å². The lowest BCUT2D eigenvalue weighted by Gasteiger charge is -2.17. The molecule has 0 radical (unpaired) electrons. The van der Waals surface area contributed by atoms with Gasteiger partial charge in [-0.05, 0) is 54.6 Å². The molecule has 192 valence electrons. The van der Waals surface area contributed by atoms with Crippen LogP contribution in [-0.2, 0) is 16.6 Å². The van der Waals surface area contributed by atoms with E-state index in [0.717, 1.165) is 3.97 Å². The molecule has 0 unspecified atom stereocenters. The Morgan fingerprint density at radius 2 is 1.82 bits per heavy atom. The first-order valence-electron chi connectivity index (χ1n) is 11.2. The monoisotopic (exact) mass is 531 g/mol. The zero-order valence-electron chi connectivity index (χ0n) is 20.4. The summed E-state index contributed by atoms with van der Waals surface area (Å²) in [5.74, 6) is 2.97. The fraction of sp³-hybridized carbons (Fsp3) is 0.154. The minimum atomic E-state index is -4.19. The Hall–Kier alpha value is -4.89. The molecule has 0 atom stereocenters. The zero-order valence-corrected chi connectivity index (χ0v) is 21.2. The molecule has 1 amide bonds. The average Bonchev–Trinajstić information content (AvgIpc) is 3.57. The van der Waals surface area contributed by atoms with E-state index in [1.165, 1.54) is 49.6 Å². The highest BCUT2D eigenvalue weighted by Gasteiger charge is 2.28. The van der Waals surface area contributed by atoms with E-state index in [-0.39, 0.29) is 35.0 Å². The number of amides is 1. The highest BCUT2D eigenvalue weighted by Crippen LogP contribution is 2.33. The first-order chi connectivity index (χ1) is 18.4. The number of furan rings is 1. The van der Waals surface area contributed by atoms with Crippen molar-refractivity contribution in [2.45, 2.75) is 11.4 Å². The second-order valence-electron chi connectivity index (χ2n) is 8.08. The number of fused-ring (bicyclic) bond motifs is 3. The van der Waals surface area contributed by atoms with Crippen molar-refractivity contribution in [2.75, 3.05) is 20.8 Å². The quantitative estimate of drug-likeness (QED) is 0.277. The maximum atomic E-state index is 13.9. The molecule has 2 aromatic carbocycles. The van der Waals surface area contributed by atoms with Gasteiger partial charge in [0.2, 0.25) is 5.82 Å². The summed E-state index contributed by atoms with van der Waals surface area (Å²) in [7, 11) is -1.21. The van der Waals surface area contributed by atoms with Crippen LogP contribution >= 0.6 is 0 Å². The Balaban J connectivity index is 1.70. The number of aromatic nitrogens is 4. The number of ether oxygens (including phenoxy) is 2. The van der Waals surface area contributed by atoms with E-state index < -0.39 is 15.9 Å². The fourth-order valence-corrected chi connectivity index (χ4v) is 5.45. The van der Waals surface area contributed by atoms with Crippen LogP contribution in [0.15, 0.2) is 70.2 Å². The van der Waals surface area contributed by atoms with Crippen LogP contribution in [0.3, 0.4) is 0 Å². The summed E-state index contributed by atoms with van der Waals surface area (Å²) in [6.45, 7) is 0.0209. The van der Waals surface area contributed by atoms with E-state index in [9.17, 15) is 13.2 Å². The fourth-order valence-electron chi connectivity index (χ4n) is 3.99. The molecule has 38 heavy (non-hydrogen) atoms. The third kappa shape index (κ3) is 4.29. The van der Waals surface area contributed by atoms with Crippen LogP contribution in [0.1, 0.15) is 16.4 Å². The van der Waals surface area contributed by atoms with Gasteiger partial charge in [0.15, 0.2) is 5.65 Å². The maximum Gasteiger partial charge on any atom is 0.294 e. The van der Waals surface area contributed by atoms with Crippen molar-refractivity contribution in [2.24, 2.45) is 0 Å². The molecular weight excluding hydrogens is 510 g/mol. The minimum Gasteiger partial charge on any atom is -0.497 e. The molecule has 0 saturated carbocycles. The van der Waals surface area contributed by atoms with Crippen LogP contribution in [0.4, 0.5) is 0 Å². The number of carbonyl (C=O) groups is 1. The van der Waals surface area contributed by atoms with E-state index in [4.69, 9.17) is 20.3 Å². The second-order valence-corrected chi connectivity index (χ2v) is 9.87. The van der Waals surface area contributed by atoms with Crippen molar-refractivity contribution < 1.29 is 27.1 Å². The van der Waals surface area contributed by atoms with Gasteiger partial charge in [-0.1, -0.05) is 5.92 Å². The molecule has 3 aromatic heterocycles. The van der Waals surface area contributed by atoms with Crippen LogP contribution in [0.25, 0.3) is 22.1 Å². The summed E-state index contributed by atoms with van der Waals surface area (Å²) >= 11 is 0. The van der Waals surface area contributed by atoms with E-state index in [1.807, 2.05) is 0 Å². The SMILES string of the molecule is C#CCN(Cc1ccco1)C(=O)c1nnc2c3cc(OC)ccc3n(S(=O)(=O)c3ccc(OC)cc3)c2n1. The Morgan fingerprint density at radius 1 is 1.08 bits per heavy atom. The van der Waals surface area contributed by atoms with E-state index >= 15 is 0 Å². The Labute approximate surface area is 217 Å². The molecular formula is C26H21N5O6S. The Morgan fingerprint density at radius 3 is 2.47 bits per heavy atom. The molecule has 0 aliphatic carbocycles. The number of rotatable bonds is 8. The molecule has 5 rings (SSSR count). The number of benzene rings is 2. The number of methoxy groups -OCH3 is 2. The van der Waals surface area contributed by atoms with Gasteiger partial charge in [0.25, 0.3) is 15.9 Å². The van der Waals surface area contributed by atoms with E-state index in [0.29, 0.717) is 28.2 Å². The van der Waals surface area contributed by atoms with Crippen LogP contribution in [0, 0.1) is 12.3 Å². The van der Waals surface area contributed by atoms with Gasteiger partial charge in [0, 0.05) is 5.39 Å². The standard InChI is InChI=1S/C26H21N5O6S/c1-4-13-30(16-19-6-5-14-37-19)26(32)24-27-25-23(28-29-24)21-15-18(36-3)9-12-22(21)31(25)38(33,34)20-10-7-17(35-2)8-11-20/h1,5-12,14-15H,13,16H2,2-3H3. The third-order valence-electron chi connectivity index (χ3n) is 5.82. The van der Waals surface area contributed by atoms with Crippen molar-refractivity contribution in [3.63, 3.8) is 0 Å². The zero-order chi connectivity index (χ0) is 26.9. The summed E-state index contributed by atoms with van der Waals surface area (Å²) in [6.07, 6.45) is 6.96. The van der Waals surface area contributed by atoms with Crippen molar-refractivity contribution in [1.82, 2.24) is 24.1 Å². The summed E-state index contributed by atoms with van der Waals surface area (Å²) < 4.78 is 44.6. The van der Waals surface area contributed by atoms with Gasteiger partial charge in [-0.3, -0.25) is 4.79 Å². The molecule has 0 saturated heterocycles. The molecule has 0 aliphatic heterocycles. The molecule has 0 bridgehead atoms. The molecule has 0 spiro atoms. The highest BCUT2D eigenvalue weighted by molar-refractivity contribution is 7.90. The normalized spacial score (nSPS) is 11.4. The summed E-state index contributed by atoms with van der Waals surface area (Å²) in [6, 6.07) is 14.2. The maximum absolute atomic E-state index is 13.9. The summed E-state index contributed by atoms with van der Waals surface area (Å²) in [5.41, 5.74) is 0.405. The molecule has 0 N–H and O–H groups in total. The Bertz CT molecular complexity index is 1790. The van der Waals surface area contributed by atoms with Crippen molar-refractivity contribution >= 4 is 38.0 Å². The van der Waals surface area contributed by atoms with Gasteiger partial charge in [-0.2, -0.15) is 0 Å². The van der Waals surface area contributed by atoms with Gasteiger partial charge in [-0.25, -0.2) is 17.4 Å². The molecule has 5 aromatic rings. The molecule has 3 heterocycles. The van der Waals surface area contributed by atoms with Gasteiger partial charge in [-0.15, -0.1) is 16.6 Å². The molecule has 0 aliphatic rings. The lowest BCUT2D eigenvalue weighted by Crippen LogP contribution is -2.32. The highest BCUT2D eigenvalue weighted by atomic mass is 32.2. The van der Waals surface area contributed by atoms with Crippen LogP contribution in [0.5, 0.6) is 11.5 Å². The molecule has 12 heteroatoms. The van der Waals surface area contributed by atoms with Gasteiger partial charge < -0.3 is 18.8 Å². The average molecular weight is 532 g/mol. The molecule has 11 nitrogen and oxygen atoms in total. The van der Waals surface area contributed by atoms with Crippen LogP contribution in [-0.4, -0.2) is 59.1 Å². The minimum absolute atomic E-state index is 0.00816. The summed E-state index contributed by atoms with van der Waals surface area (Å²) in [4.78, 5) is 19.0. The van der Waals surface area contributed by atoms with E-state index in [1.54, 1.807) is 30.3 Å². The predicted octanol–water partition coefficient (Wildman–Crippen LogP) is 3.10. The number of hydrogen-bond acceptors (Lipinski definition) is 9. The first-order valence-corrected chi connectivity index (χ1v) is 12.7. The number of nitrogens with zero attached hydrogens (tertiary/aromatic N) is 5. The second kappa shape index (κ2) is 9.87. The topological polar surface area (TPSA) is 130 Å². The van der Waals surface area contributed by atoms with Gasteiger partial charge >= 0.3 is 0 Å². The van der Waals surface area contributed by atoms with Crippen LogP contribution in [0.2, 0.25) is 0 Å². The third-order valence-corrected chi connectivity index (χ3v) is 7.54. The number of hydrogen-bond donors (Lipinski definition) is 0. The van der Waals surface area contributed by atoms with Crippen molar-refractivity contribution in [3.05, 3.63) is 72.4 Å². The number of terminal acetylenes is 1. The lowest BCUT2D eigenvalue weighted by molar-refractivity contribution is 0.0742.